The molecule has 1 unspecified atom stereocenters. The average Bonchev–Trinajstić information content (AvgIpc) is 3.26. The first kappa shape index (κ1) is 17.5. The molecule has 6 nitrogen and oxygen atoms in total. The van der Waals surface area contributed by atoms with Crippen LogP contribution in [0, 0.1) is 17.1 Å². The van der Waals surface area contributed by atoms with E-state index in [9.17, 15) is 4.39 Å². The number of likely N-dealkylation sites (N-methyl/N-ethyl adjacent to an activating group) is 1. The Balaban J connectivity index is 1.55. The van der Waals surface area contributed by atoms with E-state index >= 15 is 0 Å². The van der Waals surface area contributed by atoms with Crippen molar-refractivity contribution in [3.63, 3.8) is 0 Å². The fraction of sp³-hybridized carbons (Fsp3) is 0.500. The summed E-state index contributed by atoms with van der Waals surface area (Å²) >= 11 is 0. The van der Waals surface area contributed by atoms with Gasteiger partial charge in [-0.05, 0) is 25.6 Å². The smallest absolute Gasteiger partial charge is 0.226 e. The second kappa shape index (κ2) is 7.72. The number of aryl methyl sites for hydroxylation is 1. The summed E-state index contributed by atoms with van der Waals surface area (Å²) in [6.07, 6.45) is 1.76. The minimum absolute atomic E-state index is 0.310. The number of nitrogens with zero attached hydrogens (tertiary/aromatic N) is 5. The van der Waals surface area contributed by atoms with Crippen molar-refractivity contribution in [1.82, 2.24) is 19.9 Å². The normalized spacial score (nSPS) is 18.0. The summed E-state index contributed by atoms with van der Waals surface area (Å²) in [5.74, 6) is 1.05. The highest BCUT2D eigenvalue weighted by Gasteiger charge is 2.27. The molecule has 7 heteroatoms. The molecule has 0 spiro atoms. The highest BCUT2D eigenvalue weighted by molar-refractivity contribution is 5.32. The summed E-state index contributed by atoms with van der Waals surface area (Å²) in [7, 11) is 2.05. The molecule has 1 aliphatic heterocycles. The van der Waals surface area contributed by atoms with Crippen molar-refractivity contribution in [2.45, 2.75) is 38.9 Å². The quantitative estimate of drug-likeness (QED) is 0.802. The van der Waals surface area contributed by atoms with Crippen molar-refractivity contribution >= 4 is 0 Å². The molecule has 1 aromatic heterocycles. The second-order valence-electron chi connectivity index (χ2n) is 6.47. The summed E-state index contributed by atoms with van der Waals surface area (Å²) in [6, 6.07) is 7.01. The number of hydrogen-bond donors (Lipinski definition) is 0. The predicted molar refractivity (Wildman–Crippen MR) is 89.9 cm³/mol. The molecule has 0 N–H and O–H groups in total. The highest BCUT2D eigenvalue weighted by atomic mass is 19.1. The molecule has 0 radical (unpaired) electrons. The van der Waals surface area contributed by atoms with Gasteiger partial charge in [0, 0.05) is 37.7 Å². The monoisotopic (exact) mass is 343 g/mol. The van der Waals surface area contributed by atoms with Crippen LogP contribution in [-0.4, -0.2) is 46.1 Å². The van der Waals surface area contributed by atoms with Gasteiger partial charge in [-0.3, -0.25) is 9.80 Å². The van der Waals surface area contributed by atoms with Crippen molar-refractivity contribution in [2.24, 2.45) is 0 Å². The van der Waals surface area contributed by atoms with Crippen LogP contribution in [0.1, 0.15) is 36.2 Å². The predicted octanol–water partition coefficient (Wildman–Crippen LogP) is 2.35. The van der Waals surface area contributed by atoms with E-state index in [1.165, 1.54) is 6.07 Å². The summed E-state index contributed by atoms with van der Waals surface area (Å²) < 4.78 is 19.2. The van der Waals surface area contributed by atoms with Gasteiger partial charge in [0.1, 0.15) is 5.82 Å². The number of benzene rings is 1. The summed E-state index contributed by atoms with van der Waals surface area (Å²) in [5, 5.41) is 12.8. The Morgan fingerprint density at radius 1 is 1.48 bits per heavy atom. The first-order chi connectivity index (χ1) is 12.1. The van der Waals surface area contributed by atoms with Gasteiger partial charge in [-0.25, -0.2) is 4.39 Å². The molecule has 132 valence electrons. The van der Waals surface area contributed by atoms with Gasteiger partial charge in [-0.1, -0.05) is 18.1 Å². The number of halogens is 1. The SMILES string of the molecule is CCc1nc(CN(C)C2CCN(Cc3ccc(C#N)cc3F)C2)no1. The maximum Gasteiger partial charge on any atom is 0.226 e. The van der Waals surface area contributed by atoms with Crippen LogP contribution in [-0.2, 0) is 19.5 Å². The van der Waals surface area contributed by atoms with Crippen LogP contribution in [0.4, 0.5) is 4.39 Å². The molecule has 1 aromatic carbocycles. The zero-order chi connectivity index (χ0) is 17.8. The Bertz CT molecular complexity index is 769. The third-order valence-corrected chi connectivity index (χ3v) is 4.65. The lowest BCUT2D eigenvalue weighted by atomic mass is 10.1. The van der Waals surface area contributed by atoms with E-state index in [0.29, 0.717) is 42.0 Å². The summed E-state index contributed by atoms with van der Waals surface area (Å²) in [5.41, 5.74) is 0.986. The Labute approximate surface area is 146 Å². The van der Waals surface area contributed by atoms with Crippen molar-refractivity contribution in [3.8, 4) is 6.07 Å². The van der Waals surface area contributed by atoms with Gasteiger partial charge in [0.2, 0.25) is 5.89 Å². The number of nitriles is 1. The molecular weight excluding hydrogens is 321 g/mol. The van der Waals surface area contributed by atoms with E-state index in [-0.39, 0.29) is 5.82 Å². The third kappa shape index (κ3) is 4.21. The summed E-state index contributed by atoms with van der Waals surface area (Å²) in [4.78, 5) is 8.80. The molecule has 0 bridgehead atoms. The van der Waals surface area contributed by atoms with Crippen LogP contribution < -0.4 is 0 Å². The fourth-order valence-electron chi connectivity index (χ4n) is 3.15. The van der Waals surface area contributed by atoms with E-state index in [2.05, 4.69) is 27.0 Å². The maximum absolute atomic E-state index is 14.1. The standard InChI is InChI=1S/C18H22FN5O/c1-3-18-21-17(22-25-18)12-23(2)15-6-7-24(11-15)10-14-5-4-13(9-20)8-16(14)19/h4-5,8,15H,3,6-7,10-12H2,1-2H3. The van der Waals surface area contributed by atoms with Gasteiger partial charge < -0.3 is 4.52 Å². The van der Waals surface area contributed by atoms with E-state index in [4.69, 9.17) is 9.78 Å². The van der Waals surface area contributed by atoms with Gasteiger partial charge in [0.05, 0.1) is 18.2 Å². The Hall–Kier alpha value is -2.30. The molecule has 25 heavy (non-hydrogen) atoms. The van der Waals surface area contributed by atoms with Crippen LogP contribution in [0.15, 0.2) is 22.7 Å². The number of aromatic nitrogens is 2. The Morgan fingerprint density at radius 3 is 3.00 bits per heavy atom. The Kier molecular flexibility index (Phi) is 5.41. The van der Waals surface area contributed by atoms with E-state index < -0.39 is 0 Å². The first-order valence-corrected chi connectivity index (χ1v) is 8.51. The van der Waals surface area contributed by atoms with E-state index in [1.54, 1.807) is 12.1 Å². The molecule has 1 aliphatic rings. The van der Waals surface area contributed by atoms with Crippen LogP contribution in [0.3, 0.4) is 0 Å². The zero-order valence-corrected chi connectivity index (χ0v) is 14.6. The number of hydrogen-bond acceptors (Lipinski definition) is 6. The lowest BCUT2D eigenvalue weighted by Crippen LogP contribution is -2.34. The molecule has 1 fully saturated rings. The third-order valence-electron chi connectivity index (χ3n) is 4.65. The molecule has 1 atom stereocenters. The molecule has 2 heterocycles. The van der Waals surface area contributed by atoms with Gasteiger partial charge in [-0.15, -0.1) is 0 Å². The topological polar surface area (TPSA) is 69.2 Å². The fourth-order valence-corrected chi connectivity index (χ4v) is 3.15. The van der Waals surface area contributed by atoms with Gasteiger partial charge in [-0.2, -0.15) is 10.2 Å². The van der Waals surface area contributed by atoms with Gasteiger partial charge >= 0.3 is 0 Å². The van der Waals surface area contributed by atoms with Crippen molar-refractivity contribution < 1.29 is 8.91 Å². The lowest BCUT2D eigenvalue weighted by molar-refractivity contribution is 0.215. The van der Waals surface area contributed by atoms with Gasteiger partial charge in [0.15, 0.2) is 5.82 Å². The lowest BCUT2D eigenvalue weighted by Gasteiger charge is -2.23. The minimum atomic E-state index is -0.310. The molecule has 3 rings (SSSR count). The number of rotatable bonds is 6. The molecule has 0 saturated carbocycles. The molecule has 1 saturated heterocycles. The maximum atomic E-state index is 14.1. The van der Waals surface area contributed by atoms with E-state index in [1.807, 2.05) is 13.0 Å². The molecule has 2 aromatic rings. The van der Waals surface area contributed by atoms with Crippen LogP contribution >= 0.6 is 0 Å². The largest absolute Gasteiger partial charge is 0.339 e. The van der Waals surface area contributed by atoms with Crippen molar-refractivity contribution in [3.05, 3.63) is 46.9 Å². The minimum Gasteiger partial charge on any atom is -0.339 e. The summed E-state index contributed by atoms with van der Waals surface area (Å²) in [6.45, 7) is 4.98. The molecular formula is C18H22FN5O. The zero-order valence-electron chi connectivity index (χ0n) is 14.6. The van der Waals surface area contributed by atoms with Crippen molar-refractivity contribution in [2.75, 3.05) is 20.1 Å². The Morgan fingerprint density at radius 2 is 2.32 bits per heavy atom. The molecule has 0 aliphatic carbocycles. The second-order valence-corrected chi connectivity index (χ2v) is 6.47. The van der Waals surface area contributed by atoms with Crippen LogP contribution in [0.2, 0.25) is 0 Å². The molecule has 0 amide bonds. The first-order valence-electron chi connectivity index (χ1n) is 8.51. The van der Waals surface area contributed by atoms with E-state index in [0.717, 1.165) is 25.9 Å². The van der Waals surface area contributed by atoms with Crippen LogP contribution in [0.5, 0.6) is 0 Å². The van der Waals surface area contributed by atoms with Crippen molar-refractivity contribution in [1.29, 1.82) is 5.26 Å². The average molecular weight is 343 g/mol. The van der Waals surface area contributed by atoms with Crippen LogP contribution in [0.25, 0.3) is 0 Å². The number of likely N-dealkylation sites (tertiary alicyclic amines) is 1. The highest BCUT2D eigenvalue weighted by Crippen LogP contribution is 2.20. The van der Waals surface area contributed by atoms with Gasteiger partial charge in [0.25, 0.3) is 0 Å².